The van der Waals surface area contributed by atoms with E-state index in [1.165, 1.54) is 19.3 Å². The van der Waals surface area contributed by atoms with Gasteiger partial charge in [-0.25, -0.2) is 0 Å². The minimum Gasteiger partial charge on any atom is -0.494 e. The molecule has 0 saturated heterocycles. The highest BCUT2D eigenvalue weighted by Crippen LogP contribution is 2.16. The van der Waals surface area contributed by atoms with E-state index in [0.29, 0.717) is 31.1 Å². The van der Waals surface area contributed by atoms with Crippen molar-refractivity contribution in [1.82, 2.24) is 5.32 Å². The fraction of sp³-hybridized carbons (Fsp3) is 0.417. The summed E-state index contributed by atoms with van der Waals surface area (Å²) in [5.41, 5.74) is 1.27. The van der Waals surface area contributed by atoms with Crippen LogP contribution < -0.4 is 20.1 Å². The molecule has 2 N–H and O–H groups in total. The van der Waals surface area contributed by atoms with Crippen LogP contribution in [0.15, 0.2) is 48.5 Å². The molecule has 2 aromatic rings. The van der Waals surface area contributed by atoms with Crippen LogP contribution in [0.1, 0.15) is 49.9 Å². The van der Waals surface area contributed by atoms with Gasteiger partial charge in [0.25, 0.3) is 5.91 Å². The van der Waals surface area contributed by atoms with Crippen LogP contribution in [0.25, 0.3) is 0 Å². The Balaban J connectivity index is 1.74. The number of amides is 1. The monoisotopic (exact) mass is 444 g/mol. The molecule has 0 atom stereocenters. The highest BCUT2D eigenvalue weighted by atomic mass is 32.1. The minimum absolute atomic E-state index is 0.232. The molecule has 1 amide bonds. The van der Waals surface area contributed by atoms with E-state index in [1.54, 1.807) is 24.3 Å². The first-order valence-electron chi connectivity index (χ1n) is 10.8. The van der Waals surface area contributed by atoms with Crippen molar-refractivity contribution in [3.63, 3.8) is 0 Å². The van der Waals surface area contributed by atoms with Crippen LogP contribution in [0, 0.1) is 0 Å². The molecule has 6 nitrogen and oxygen atoms in total. The molecule has 0 saturated carbocycles. The number of anilines is 1. The number of hydrogen-bond acceptors (Lipinski definition) is 5. The second-order valence-corrected chi connectivity index (χ2v) is 7.32. The molecule has 0 aliphatic heterocycles. The Hall–Kier alpha value is -2.64. The Morgan fingerprint density at radius 3 is 2.13 bits per heavy atom. The smallest absolute Gasteiger partial charge is 0.257 e. The lowest BCUT2D eigenvalue weighted by atomic mass is 10.2. The zero-order chi connectivity index (χ0) is 22.3. The summed E-state index contributed by atoms with van der Waals surface area (Å²) < 4.78 is 16.5. The van der Waals surface area contributed by atoms with E-state index in [0.717, 1.165) is 24.5 Å². The lowest BCUT2D eigenvalue weighted by molar-refractivity contribution is 0.0977. The van der Waals surface area contributed by atoms with Gasteiger partial charge in [0.05, 0.1) is 13.2 Å². The van der Waals surface area contributed by atoms with Gasteiger partial charge in [0, 0.05) is 17.9 Å². The van der Waals surface area contributed by atoms with Crippen LogP contribution in [0.4, 0.5) is 5.69 Å². The maximum absolute atomic E-state index is 12.4. The van der Waals surface area contributed by atoms with Crippen molar-refractivity contribution in [1.29, 1.82) is 0 Å². The van der Waals surface area contributed by atoms with Crippen LogP contribution >= 0.6 is 12.2 Å². The third-order valence-corrected chi connectivity index (χ3v) is 4.63. The predicted molar refractivity (Wildman–Crippen MR) is 128 cm³/mol. The molecule has 0 unspecified atom stereocenters. The van der Waals surface area contributed by atoms with Crippen molar-refractivity contribution in [3.8, 4) is 11.5 Å². The Labute approximate surface area is 190 Å². The molecule has 0 bridgehead atoms. The van der Waals surface area contributed by atoms with Gasteiger partial charge in [-0.2, -0.15) is 0 Å². The van der Waals surface area contributed by atoms with E-state index >= 15 is 0 Å². The lowest BCUT2D eigenvalue weighted by Gasteiger charge is -2.11. The van der Waals surface area contributed by atoms with Crippen molar-refractivity contribution in [2.75, 3.05) is 31.7 Å². The number of unbranched alkanes of at least 4 members (excludes halogenated alkanes) is 3. The van der Waals surface area contributed by atoms with Crippen LogP contribution in [0.2, 0.25) is 0 Å². The molecular weight excluding hydrogens is 412 g/mol. The van der Waals surface area contributed by atoms with E-state index in [-0.39, 0.29) is 11.0 Å². The second kappa shape index (κ2) is 14.4. The Morgan fingerprint density at radius 1 is 0.839 bits per heavy atom. The van der Waals surface area contributed by atoms with Crippen molar-refractivity contribution in [2.24, 2.45) is 0 Å². The van der Waals surface area contributed by atoms with Crippen LogP contribution in [0.5, 0.6) is 11.5 Å². The molecule has 0 fully saturated rings. The van der Waals surface area contributed by atoms with Crippen molar-refractivity contribution < 1.29 is 19.0 Å². The van der Waals surface area contributed by atoms with Crippen LogP contribution in [0.3, 0.4) is 0 Å². The molecule has 168 valence electrons. The summed E-state index contributed by atoms with van der Waals surface area (Å²) in [5.74, 6) is 1.22. The average molecular weight is 445 g/mol. The zero-order valence-electron chi connectivity index (χ0n) is 18.3. The van der Waals surface area contributed by atoms with Crippen molar-refractivity contribution in [2.45, 2.75) is 39.5 Å². The molecule has 2 rings (SSSR count). The molecule has 0 radical (unpaired) electrons. The van der Waals surface area contributed by atoms with E-state index < -0.39 is 0 Å². The van der Waals surface area contributed by atoms with Gasteiger partial charge in [-0.3, -0.25) is 10.1 Å². The van der Waals surface area contributed by atoms with Gasteiger partial charge in [0.2, 0.25) is 0 Å². The number of thiocarbonyl (C=S) groups is 1. The number of rotatable bonds is 13. The number of ether oxygens (including phenoxy) is 3. The third-order valence-electron chi connectivity index (χ3n) is 4.42. The summed E-state index contributed by atoms with van der Waals surface area (Å²) in [6.07, 6.45) is 4.70. The standard InChI is InChI=1S/C24H32N2O4S/c1-3-5-6-7-16-29-22-14-10-20(11-15-22)25-24(31)26-23(27)19-8-12-21(13-9-19)30-18-17-28-4-2/h8-15H,3-7,16-18H2,1-2H3,(H2,25,26,27,31). The van der Waals surface area contributed by atoms with Gasteiger partial charge in [-0.05, 0) is 74.1 Å². The van der Waals surface area contributed by atoms with Gasteiger partial charge in [-0.1, -0.05) is 26.2 Å². The summed E-state index contributed by atoms with van der Waals surface area (Å²) in [6, 6.07) is 14.4. The highest BCUT2D eigenvalue weighted by molar-refractivity contribution is 7.80. The first-order chi connectivity index (χ1) is 15.1. The first kappa shape index (κ1) is 24.6. The predicted octanol–water partition coefficient (Wildman–Crippen LogP) is 5.19. The number of carbonyl (C=O) groups excluding carboxylic acids is 1. The van der Waals surface area contributed by atoms with E-state index in [1.807, 2.05) is 31.2 Å². The molecule has 0 aliphatic rings. The average Bonchev–Trinajstić information content (AvgIpc) is 2.78. The van der Waals surface area contributed by atoms with Gasteiger partial charge < -0.3 is 19.5 Å². The van der Waals surface area contributed by atoms with Gasteiger partial charge in [0.1, 0.15) is 18.1 Å². The van der Waals surface area contributed by atoms with E-state index in [9.17, 15) is 4.79 Å². The number of benzene rings is 2. The second-order valence-electron chi connectivity index (χ2n) is 6.91. The zero-order valence-corrected chi connectivity index (χ0v) is 19.1. The van der Waals surface area contributed by atoms with Crippen LogP contribution in [-0.2, 0) is 4.74 Å². The molecule has 0 aromatic heterocycles. The summed E-state index contributed by atoms with van der Waals surface area (Å²) in [5, 5.41) is 5.92. The topological polar surface area (TPSA) is 68.8 Å². The number of carbonyl (C=O) groups is 1. The maximum atomic E-state index is 12.4. The molecule has 0 spiro atoms. The molecule has 0 aliphatic carbocycles. The summed E-state index contributed by atoms with van der Waals surface area (Å²) >= 11 is 5.25. The molecule has 7 heteroatoms. The summed E-state index contributed by atoms with van der Waals surface area (Å²) in [6.45, 7) is 6.51. The fourth-order valence-corrected chi connectivity index (χ4v) is 2.97. The van der Waals surface area contributed by atoms with Crippen molar-refractivity contribution >= 4 is 28.9 Å². The van der Waals surface area contributed by atoms with E-state index in [4.69, 9.17) is 26.4 Å². The maximum Gasteiger partial charge on any atom is 0.257 e. The Morgan fingerprint density at radius 2 is 1.48 bits per heavy atom. The normalized spacial score (nSPS) is 10.4. The Bertz CT molecular complexity index is 794. The highest BCUT2D eigenvalue weighted by Gasteiger charge is 2.08. The van der Waals surface area contributed by atoms with Gasteiger partial charge >= 0.3 is 0 Å². The SMILES string of the molecule is CCCCCCOc1ccc(NC(=S)NC(=O)c2ccc(OCCOCC)cc2)cc1. The number of nitrogens with one attached hydrogen (secondary N) is 2. The third kappa shape index (κ3) is 9.81. The van der Waals surface area contributed by atoms with Crippen molar-refractivity contribution in [3.05, 3.63) is 54.1 Å². The van der Waals surface area contributed by atoms with Crippen LogP contribution in [-0.4, -0.2) is 37.4 Å². The largest absolute Gasteiger partial charge is 0.494 e. The van der Waals surface area contributed by atoms with Gasteiger partial charge in [0.15, 0.2) is 5.11 Å². The summed E-state index contributed by atoms with van der Waals surface area (Å²) in [7, 11) is 0. The number of hydrogen-bond donors (Lipinski definition) is 2. The first-order valence-corrected chi connectivity index (χ1v) is 11.2. The minimum atomic E-state index is -0.287. The molecule has 31 heavy (non-hydrogen) atoms. The quantitative estimate of drug-likeness (QED) is 0.327. The van der Waals surface area contributed by atoms with Gasteiger partial charge in [-0.15, -0.1) is 0 Å². The Kier molecular flexibility index (Phi) is 11.4. The summed E-state index contributed by atoms with van der Waals surface area (Å²) in [4.78, 5) is 12.4. The molecule has 2 aromatic carbocycles. The molecular formula is C24H32N2O4S. The molecule has 0 heterocycles. The lowest BCUT2D eigenvalue weighted by Crippen LogP contribution is -2.34. The van der Waals surface area contributed by atoms with E-state index in [2.05, 4.69) is 17.6 Å². The fourth-order valence-electron chi connectivity index (χ4n) is 2.76.